The van der Waals surface area contributed by atoms with E-state index in [1.165, 1.54) is 20.3 Å². The third-order valence-corrected chi connectivity index (χ3v) is 5.52. The minimum absolute atomic E-state index is 0.127. The molecule has 0 saturated heterocycles. The van der Waals surface area contributed by atoms with Gasteiger partial charge in [0.25, 0.3) is 5.91 Å². The maximum atomic E-state index is 13.1. The first-order valence-corrected chi connectivity index (χ1v) is 10.8. The summed E-state index contributed by atoms with van der Waals surface area (Å²) < 4.78 is 22.0. The van der Waals surface area contributed by atoms with Crippen molar-refractivity contribution in [3.8, 4) is 28.4 Å². The summed E-state index contributed by atoms with van der Waals surface area (Å²) in [5, 5.41) is 3.46. The van der Waals surface area contributed by atoms with Crippen LogP contribution in [0.5, 0.6) is 17.2 Å². The van der Waals surface area contributed by atoms with Crippen LogP contribution in [0.15, 0.2) is 69.9 Å². The Hall–Kier alpha value is -3.97. The SMILES string of the molecule is COc1cc(OC)c(NC(=O)COc2ccc3c(=O)c(-c4ccccc4)c(C)oc3c2)cc1Cl. The maximum absolute atomic E-state index is 13.1. The topological polar surface area (TPSA) is 87.0 Å². The van der Waals surface area contributed by atoms with Crippen molar-refractivity contribution in [2.75, 3.05) is 26.1 Å². The van der Waals surface area contributed by atoms with Gasteiger partial charge in [-0.15, -0.1) is 0 Å². The fourth-order valence-electron chi connectivity index (χ4n) is 3.61. The zero-order chi connectivity index (χ0) is 24.2. The van der Waals surface area contributed by atoms with Gasteiger partial charge in [0.1, 0.15) is 28.6 Å². The van der Waals surface area contributed by atoms with Gasteiger partial charge in [0.15, 0.2) is 6.61 Å². The molecule has 174 valence electrons. The van der Waals surface area contributed by atoms with E-state index < -0.39 is 5.91 Å². The second kappa shape index (κ2) is 9.89. The predicted octanol–water partition coefficient (Wildman–Crippen LogP) is 5.46. The van der Waals surface area contributed by atoms with Crippen molar-refractivity contribution in [1.29, 1.82) is 0 Å². The number of hydrogen-bond acceptors (Lipinski definition) is 6. The molecular formula is C26H22ClNO6. The summed E-state index contributed by atoms with van der Waals surface area (Å²) >= 11 is 6.15. The Morgan fingerprint density at radius 3 is 2.44 bits per heavy atom. The summed E-state index contributed by atoms with van der Waals surface area (Å²) in [5.41, 5.74) is 1.95. The van der Waals surface area contributed by atoms with E-state index in [1.807, 2.05) is 30.3 Å². The van der Waals surface area contributed by atoms with Crippen LogP contribution in [0.4, 0.5) is 5.69 Å². The van der Waals surface area contributed by atoms with Crippen LogP contribution in [0.25, 0.3) is 22.1 Å². The van der Waals surface area contributed by atoms with Crippen LogP contribution >= 0.6 is 11.6 Å². The number of hydrogen-bond donors (Lipinski definition) is 1. The summed E-state index contributed by atoms with van der Waals surface area (Å²) in [6.45, 7) is 1.47. The van der Waals surface area contributed by atoms with E-state index in [4.69, 9.17) is 30.2 Å². The highest BCUT2D eigenvalue weighted by Crippen LogP contribution is 2.36. The van der Waals surface area contributed by atoms with Crippen molar-refractivity contribution in [2.45, 2.75) is 6.92 Å². The molecule has 4 aromatic rings. The van der Waals surface area contributed by atoms with Gasteiger partial charge in [0.2, 0.25) is 5.43 Å². The van der Waals surface area contributed by atoms with Gasteiger partial charge >= 0.3 is 0 Å². The van der Waals surface area contributed by atoms with Crippen LogP contribution in [0, 0.1) is 6.92 Å². The number of ether oxygens (including phenoxy) is 3. The molecule has 7 nitrogen and oxygen atoms in total. The average molecular weight is 480 g/mol. The van der Waals surface area contributed by atoms with Crippen LogP contribution in [-0.2, 0) is 4.79 Å². The number of rotatable bonds is 7. The Labute approximate surface area is 200 Å². The van der Waals surface area contributed by atoms with Gasteiger partial charge < -0.3 is 23.9 Å². The molecule has 0 unspecified atom stereocenters. The first kappa shape index (κ1) is 23.2. The molecule has 0 spiro atoms. The molecule has 0 atom stereocenters. The lowest BCUT2D eigenvalue weighted by molar-refractivity contribution is -0.118. The zero-order valence-corrected chi connectivity index (χ0v) is 19.6. The monoisotopic (exact) mass is 479 g/mol. The van der Waals surface area contributed by atoms with Crippen molar-refractivity contribution in [3.05, 3.63) is 81.7 Å². The van der Waals surface area contributed by atoms with E-state index in [9.17, 15) is 9.59 Å². The number of aryl methyl sites for hydroxylation is 1. The average Bonchev–Trinajstić information content (AvgIpc) is 2.83. The second-order valence-electron chi connectivity index (χ2n) is 7.41. The number of nitrogens with one attached hydrogen (secondary N) is 1. The van der Waals surface area contributed by atoms with Crippen molar-refractivity contribution in [1.82, 2.24) is 0 Å². The maximum Gasteiger partial charge on any atom is 0.262 e. The van der Waals surface area contributed by atoms with Gasteiger partial charge in [-0.1, -0.05) is 41.9 Å². The second-order valence-corrected chi connectivity index (χ2v) is 7.82. The highest BCUT2D eigenvalue weighted by Gasteiger charge is 2.15. The van der Waals surface area contributed by atoms with Crippen LogP contribution in [0.1, 0.15) is 5.76 Å². The van der Waals surface area contributed by atoms with Gasteiger partial charge in [0.05, 0.1) is 35.9 Å². The summed E-state index contributed by atoms with van der Waals surface area (Å²) in [5.74, 6) is 1.29. The minimum Gasteiger partial charge on any atom is -0.495 e. The fraction of sp³-hybridized carbons (Fsp3) is 0.154. The van der Waals surface area contributed by atoms with Gasteiger partial charge in [-0.05, 0) is 30.7 Å². The highest BCUT2D eigenvalue weighted by atomic mass is 35.5. The molecule has 4 rings (SSSR count). The van der Waals surface area contributed by atoms with E-state index >= 15 is 0 Å². The molecule has 1 N–H and O–H groups in total. The smallest absolute Gasteiger partial charge is 0.262 e. The van der Waals surface area contributed by atoms with Gasteiger partial charge in [-0.25, -0.2) is 0 Å². The third-order valence-electron chi connectivity index (χ3n) is 5.22. The normalized spacial score (nSPS) is 10.7. The lowest BCUT2D eigenvalue weighted by atomic mass is 10.0. The zero-order valence-electron chi connectivity index (χ0n) is 18.8. The van der Waals surface area contributed by atoms with Gasteiger partial charge in [-0.3, -0.25) is 9.59 Å². The Bertz CT molecular complexity index is 1410. The van der Waals surface area contributed by atoms with Crippen molar-refractivity contribution in [3.63, 3.8) is 0 Å². The Morgan fingerprint density at radius 1 is 1.00 bits per heavy atom. The molecule has 0 radical (unpaired) electrons. The van der Waals surface area contributed by atoms with Crippen LogP contribution in [0.3, 0.4) is 0 Å². The van der Waals surface area contributed by atoms with E-state index in [2.05, 4.69) is 5.32 Å². The summed E-state index contributed by atoms with van der Waals surface area (Å²) in [7, 11) is 2.96. The molecule has 0 aliphatic heterocycles. The molecule has 1 heterocycles. The number of anilines is 1. The number of halogens is 1. The van der Waals surface area contributed by atoms with Gasteiger partial charge in [0, 0.05) is 12.1 Å². The standard InChI is InChI=1S/C26H22ClNO6/c1-15-25(16-7-5-4-6-8-16)26(30)18-10-9-17(11-21(18)34-15)33-14-24(29)28-20-12-19(27)22(31-2)13-23(20)32-3/h4-13H,14H2,1-3H3,(H,28,29). The third kappa shape index (κ3) is 4.70. The number of carbonyl (C=O) groups is 1. The Kier molecular flexibility index (Phi) is 6.75. The molecule has 0 aliphatic rings. The number of carbonyl (C=O) groups excluding carboxylic acids is 1. The van der Waals surface area contributed by atoms with Gasteiger partial charge in [-0.2, -0.15) is 0 Å². The van der Waals surface area contributed by atoms with Crippen molar-refractivity contribution >= 4 is 34.2 Å². The Morgan fingerprint density at radius 2 is 1.74 bits per heavy atom. The van der Waals surface area contributed by atoms with E-state index in [-0.39, 0.29) is 12.0 Å². The minimum atomic E-state index is -0.420. The molecule has 8 heteroatoms. The number of methoxy groups -OCH3 is 2. The lowest BCUT2D eigenvalue weighted by Crippen LogP contribution is -2.20. The molecule has 0 aliphatic carbocycles. The molecule has 3 aromatic carbocycles. The lowest BCUT2D eigenvalue weighted by Gasteiger charge is -2.13. The predicted molar refractivity (Wildman–Crippen MR) is 131 cm³/mol. The summed E-state index contributed by atoms with van der Waals surface area (Å²) in [6, 6.07) is 17.3. The highest BCUT2D eigenvalue weighted by molar-refractivity contribution is 6.32. The molecule has 1 amide bonds. The fourth-order valence-corrected chi connectivity index (χ4v) is 3.85. The summed E-state index contributed by atoms with van der Waals surface area (Å²) in [6.07, 6.45) is 0. The molecule has 0 saturated carbocycles. The van der Waals surface area contributed by atoms with Crippen LogP contribution < -0.4 is 25.0 Å². The number of fused-ring (bicyclic) bond motifs is 1. The number of amides is 1. The molecule has 0 fully saturated rings. The largest absolute Gasteiger partial charge is 0.495 e. The van der Waals surface area contributed by atoms with Crippen molar-refractivity contribution in [2.24, 2.45) is 0 Å². The van der Waals surface area contributed by atoms with E-state index in [0.29, 0.717) is 50.3 Å². The molecule has 0 bridgehead atoms. The summed E-state index contributed by atoms with van der Waals surface area (Å²) in [4.78, 5) is 25.5. The molecular weight excluding hydrogens is 458 g/mol. The Balaban J connectivity index is 1.52. The molecule has 1 aromatic heterocycles. The molecule has 34 heavy (non-hydrogen) atoms. The van der Waals surface area contributed by atoms with E-state index in [0.717, 1.165) is 5.56 Å². The van der Waals surface area contributed by atoms with Crippen molar-refractivity contribution < 1.29 is 23.4 Å². The van der Waals surface area contributed by atoms with Crippen LogP contribution in [-0.4, -0.2) is 26.7 Å². The quantitative estimate of drug-likeness (QED) is 0.379. The number of benzene rings is 3. The first-order chi connectivity index (χ1) is 16.4. The first-order valence-electron chi connectivity index (χ1n) is 10.4. The van der Waals surface area contributed by atoms with E-state index in [1.54, 1.807) is 31.2 Å². The van der Waals surface area contributed by atoms with Crippen LogP contribution in [0.2, 0.25) is 5.02 Å².